The number of carbonyl (C=O) groups excluding carboxylic acids is 1. The third-order valence-electron chi connectivity index (χ3n) is 3.71. The molecule has 0 aliphatic heterocycles. The van der Waals surface area contributed by atoms with Crippen LogP contribution < -0.4 is 5.32 Å². The number of H-pyrrole nitrogens is 1. The zero-order chi connectivity index (χ0) is 16.2. The number of aromatic carboxylic acids is 1. The number of hydrogen-bond acceptors (Lipinski definition) is 2. The van der Waals surface area contributed by atoms with Crippen molar-refractivity contribution in [2.24, 2.45) is 0 Å². The Balaban J connectivity index is 1.65. The van der Waals surface area contributed by atoms with Gasteiger partial charge in [-0.1, -0.05) is 18.2 Å². The smallest absolute Gasteiger partial charge is 0.335 e. The third-order valence-corrected chi connectivity index (χ3v) is 3.71. The number of aromatic nitrogens is 1. The van der Waals surface area contributed by atoms with Crippen LogP contribution in [0.25, 0.3) is 10.9 Å². The molecule has 0 unspecified atom stereocenters. The highest BCUT2D eigenvalue weighted by Crippen LogP contribution is 2.17. The van der Waals surface area contributed by atoms with Crippen molar-refractivity contribution < 1.29 is 14.7 Å². The lowest BCUT2D eigenvalue weighted by molar-refractivity contribution is 0.0696. The van der Waals surface area contributed by atoms with Gasteiger partial charge in [0.05, 0.1) is 5.56 Å². The van der Waals surface area contributed by atoms with Crippen LogP contribution in [-0.2, 0) is 6.42 Å². The lowest BCUT2D eigenvalue weighted by Crippen LogP contribution is -2.25. The Kier molecular flexibility index (Phi) is 4.10. The van der Waals surface area contributed by atoms with Gasteiger partial charge in [-0.2, -0.15) is 0 Å². The van der Waals surface area contributed by atoms with E-state index < -0.39 is 5.97 Å². The minimum Gasteiger partial charge on any atom is -0.478 e. The van der Waals surface area contributed by atoms with Crippen molar-refractivity contribution in [3.63, 3.8) is 0 Å². The second-order valence-corrected chi connectivity index (χ2v) is 5.26. The van der Waals surface area contributed by atoms with Gasteiger partial charge in [0.25, 0.3) is 5.91 Å². The predicted octanol–water partition coefficient (Wildman–Crippen LogP) is 2.84. The van der Waals surface area contributed by atoms with Crippen LogP contribution in [0.1, 0.15) is 26.3 Å². The molecule has 116 valence electrons. The molecule has 0 saturated heterocycles. The van der Waals surface area contributed by atoms with Crippen molar-refractivity contribution >= 4 is 22.8 Å². The molecule has 5 nitrogen and oxygen atoms in total. The van der Waals surface area contributed by atoms with E-state index >= 15 is 0 Å². The summed E-state index contributed by atoms with van der Waals surface area (Å²) in [6.07, 6.45) is 2.38. The summed E-state index contributed by atoms with van der Waals surface area (Å²) in [6, 6.07) is 14.2. The molecule has 1 aromatic heterocycles. The molecule has 23 heavy (non-hydrogen) atoms. The highest BCUT2D eigenvalue weighted by Gasteiger charge is 2.10. The Morgan fingerprint density at radius 2 is 1.91 bits per heavy atom. The molecule has 1 heterocycles. The standard InChI is InChI=1S/C18H16N2O3/c21-17(15-5-2-6-16-14(15)8-10-19-16)20-9-7-12-3-1-4-13(11-12)18(22)23/h1-6,8,10-11,19H,7,9H2,(H,20,21)(H,22,23). The van der Waals surface area contributed by atoms with Gasteiger partial charge in [0.1, 0.15) is 0 Å². The maximum atomic E-state index is 12.3. The van der Waals surface area contributed by atoms with Crippen LogP contribution in [-0.4, -0.2) is 28.5 Å². The summed E-state index contributed by atoms with van der Waals surface area (Å²) in [5, 5.41) is 12.7. The minimum absolute atomic E-state index is 0.135. The number of hydrogen-bond donors (Lipinski definition) is 3. The Bertz CT molecular complexity index is 867. The molecule has 3 rings (SSSR count). The van der Waals surface area contributed by atoms with Gasteiger partial charge in [0.2, 0.25) is 0 Å². The number of aromatic amines is 1. The summed E-state index contributed by atoms with van der Waals surface area (Å²) in [5.41, 5.74) is 2.69. The van der Waals surface area contributed by atoms with E-state index in [1.807, 2.05) is 24.3 Å². The van der Waals surface area contributed by atoms with Crippen LogP contribution in [0.4, 0.5) is 0 Å². The molecule has 0 atom stereocenters. The normalized spacial score (nSPS) is 10.6. The van der Waals surface area contributed by atoms with Gasteiger partial charge in [0, 0.05) is 29.2 Å². The van der Waals surface area contributed by atoms with Gasteiger partial charge in [-0.3, -0.25) is 4.79 Å². The molecular weight excluding hydrogens is 292 g/mol. The van der Waals surface area contributed by atoms with E-state index in [1.54, 1.807) is 30.5 Å². The molecule has 3 aromatic rings. The molecule has 0 aliphatic carbocycles. The first-order chi connectivity index (χ1) is 11.1. The first-order valence-corrected chi connectivity index (χ1v) is 7.32. The largest absolute Gasteiger partial charge is 0.478 e. The highest BCUT2D eigenvalue weighted by atomic mass is 16.4. The third kappa shape index (κ3) is 3.23. The van der Waals surface area contributed by atoms with Gasteiger partial charge in [-0.15, -0.1) is 0 Å². The minimum atomic E-state index is -0.949. The number of carbonyl (C=O) groups is 2. The molecule has 0 aliphatic rings. The molecular formula is C18H16N2O3. The zero-order valence-corrected chi connectivity index (χ0v) is 12.4. The SMILES string of the molecule is O=C(O)c1cccc(CCNC(=O)c2cccc3[nH]ccc23)c1. The highest BCUT2D eigenvalue weighted by molar-refractivity contribution is 6.06. The molecule has 3 N–H and O–H groups in total. The second kappa shape index (κ2) is 6.36. The summed E-state index contributed by atoms with van der Waals surface area (Å²) in [4.78, 5) is 26.3. The van der Waals surface area contributed by atoms with Gasteiger partial charge in [-0.05, 0) is 42.3 Å². The van der Waals surface area contributed by atoms with E-state index in [0.717, 1.165) is 16.5 Å². The van der Waals surface area contributed by atoms with Gasteiger partial charge < -0.3 is 15.4 Å². The fourth-order valence-corrected chi connectivity index (χ4v) is 2.56. The van der Waals surface area contributed by atoms with Crippen molar-refractivity contribution in [2.45, 2.75) is 6.42 Å². The summed E-state index contributed by atoms with van der Waals surface area (Å²) in [7, 11) is 0. The van der Waals surface area contributed by atoms with Gasteiger partial charge in [-0.25, -0.2) is 4.79 Å². The van der Waals surface area contributed by atoms with E-state index in [4.69, 9.17) is 5.11 Å². The molecule has 1 amide bonds. The van der Waals surface area contributed by atoms with Crippen molar-refractivity contribution in [1.29, 1.82) is 0 Å². The number of rotatable bonds is 5. The number of amides is 1. The van der Waals surface area contributed by atoms with Crippen LogP contribution in [0.5, 0.6) is 0 Å². The monoisotopic (exact) mass is 308 g/mol. The maximum absolute atomic E-state index is 12.3. The van der Waals surface area contributed by atoms with Crippen LogP contribution in [0, 0.1) is 0 Å². The van der Waals surface area contributed by atoms with Crippen molar-refractivity contribution in [3.05, 3.63) is 71.4 Å². The Hall–Kier alpha value is -3.08. The average molecular weight is 308 g/mol. The summed E-state index contributed by atoms with van der Waals surface area (Å²) in [6.45, 7) is 0.447. The maximum Gasteiger partial charge on any atom is 0.335 e. The van der Waals surface area contributed by atoms with Gasteiger partial charge >= 0.3 is 5.97 Å². The quantitative estimate of drug-likeness (QED) is 0.678. The number of carboxylic acid groups (broad SMARTS) is 1. The molecule has 5 heteroatoms. The van der Waals surface area contributed by atoms with Crippen molar-refractivity contribution in [1.82, 2.24) is 10.3 Å². The van der Waals surface area contributed by atoms with E-state index in [1.165, 1.54) is 0 Å². The van der Waals surface area contributed by atoms with Crippen LogP contribution in [0.3, 0.4) is 0 Å². The fourth-order valence-electron chi connectivity index (χ4n) is 2.56. The second-order valence-electron chi connectivity index (χ2n) is 5.26. The van der Waals surface area contributed by atoms with E-state index in [0.29, 0.717) is 18.5 Å². The Morgan fingerprint density at radius 1 is 1.09 bits per heavy atom. The van der Waals surface area contributed by atoms with Crippen molar-refractivity contribution in [2.75, 3.05) is 6.54 Å². The lowest BCUT2D eigenvalue weighted by Gasteiger charge is -2.07. The average Bonchev–Trinajstić information content (AvgIpc) is 3.03. The number of fused-ring (bicyclic) bond motifs is 1. The molecule has 0 bridgehead atoms. The van der Waals surface area contributed by atoms with Crippen LogP contribution in [0.15, 0.2) is 54.7 Å². The number of nitrogens with one attached hydrogen (secondary N) is 2. The molecule has 0 saturated carbocycles. The summed E-state index contributed by atoms with van der Waals surface area (Å²) < 4.78 is 0. The number of carboxylic acids is 1. The first-order valence-electron chi connectivity index (χ1n) is 7.32. The molecule has 0 spiro atoms. The zero-order valence-electron chi connectivity index (χ0n) is 12.4. The molecule has 2 aromatic carbocycles. The number of benzene rings is 2. The summed E-state index contributed by atoms with van der Waals surface area (Å²) >= 11 is 0. The van der Waals surface area contributed by atoms with E-state index in [-0.39, 0.29) is 11.5 Å². The Morgan fingerprint density at radius 3 is 2.74 bits per heavy atom. The van der Waals surface area contributed by atoms with E-state index in [9.17, 15) is 9.59 Å². The summed E-state index contributed by atoms with van der Waals surface area (Å²) in [5.74, 6) is -1.08. The Labute approximate surface area is 133 Å². The lowest BCUT2D eigenvalue weighted by atomic mass is 10.1. The van der Waals surface area contributed by atoms with Crippen LogP contribution in [0.2, 0.25) is 0 Å². The topological polar surface area (TPSA) is 82.2 Å². The van der Waals surface area contributed by atoms with Crippen LogP contribution >= 0.6 is 0 Å². The molecule has 0 fully saturated rings. The van der Waals surface area contributed by atoms with E-state index in [2.05, 4.69) is 10.3 Å². The molecule has 0 radical (unpaired) electrons. The van der Waals surface area contributed by atoms with Crippen molar-refractivity contribution in [3.8, 4) is 0 Å². The first kappa shape index (κ1) is 14.8. The van der Waals surface area contributed by atoms with Gasteiger partial charge in [0.15, 0.2) is 0 Å². The fraction of sp³-hybridized carbons (Fsp3) is 0.111. The predicted molar refractivity (Wildman–Crippen MR) is 87.7 cm³/mol.